The largest absolute Gasteiger partial charge is 0.486 e. The van der Waals surface area contributed by atoms with E-state index in [1.165, 1.54) is 0 Å². The van der Waals surface area contributed by atoms with Gasteiger partial charge in [-0.3, -0.25) is 5.10 Å². The Bertz CT molecular complexity index is 889. The van der Waals surface area contributed by atoms with Gasteiger partial charge in [-0.05, 0) is 18.2 Å². The maximum atomic E-state index is 5.64. The second-order valence-corrected chi connectivity index (χ2v) is 5.21. The van der Waals surface area contributed by atoms with E-state index >= 15 is 0 Å². The molecule has 21 heavy (non-hydrogen) atoms. The third-order valence-corrected chi connectivity index (χ3v) is 3.82. The van der Waals surface area contributed by atoms with Crippen LogP contribution >= 0.6 is 12.2 Å². The molecule has 104 valence electrons. The number of aromatic nitrogens is 2. The quantitative estimate of drug-likeness (QED) is 0.695. The fraction of sp³-hybridized carbons (Fsp3) is 0.125. The van der Waals surface area contributed by atoms with Crippen molar-refractivity contribution in [3.8, 4) is 22.8 Å². The third kappa shape index (κ3) is 2.06. The molecule has 2 heterocycles. The molecule has 4 nitrogen and oxygen atoms in total. The highest BCUT2D eigenvalue weighted by Crippen LogP contribution is 2.35. The van der Waals surface area contributed by atoms with Crippen molar-refractivity contribution in [3.63, 3.8) is 0 Å². The molecule has 0 saturated heterocycles. The van der Waals surface area contributed by atoms with Gasteiger partial charge in [0.15, 0.2) is 11.5 Å². The van der Waals surface area contributed by atoms with Gasteiger partial charge in [0.2, 0.25) is 0 Å². The molecule has 1 N–H and O–H groups in total. The van der Waals surface area contributed by atoms with Crippen molar-refractivity contribution in [2.75, 3.05) is 13.2 Å². The molecule has 1 aromatic heterocycles. The van der Waals surface area contributed by atoms with E-state index in [1.54, 1.807) is 0 Å². The molecule has 0 amide bonds. The molecule has 0 bridgehead atoms. The lowest BCUT2D eigenvalue weighted by atomic mass is 10.0. The van der Waals surface area contributed by atoms with Gasteiger partial charge in [-0.2, -0.15) is 5.10 Å². The van der Waals surface area contributed by atoms with Gasteiger partial charge in [-0.15, -0.1) is 0 Å². The van der Waals surface area contributed by atoms with Gasteiger partial charge in [0.25, 0.3) is 0 Å². The summed E-state index contributed by atoms with van der Waals surface area (Å²) in [5.41, 5.74) is 1.83. The lowest BCUT2D eigenvalue weighted by Gasteiger charge is -2.19. The van der Waals surface area contributed by atoms with Gasteiger partial charge in [-0.1, -0.05) is 36.5 Å². The first-order valence-corrected chi connectivity index (χ1v) is 7.11. The van der Waals surface area contributed by atoms with E-state index in [2.05, 4.69) is 10.2 Å². The van der Waals surface area contributed by atoms with Crippen molar-refractivity contribution in [1.82, 2.24) is 10.2 Å². The van der Waals surface area contributed by atoms with Crippen LogP contribution in [-0.4, -0.2) is 23.4 Å². The van der Waals surface area contributed by atoms with E-state index in [0.717, 1.165) is 33.5 Å². The Morgan fingerprint density at radius 2 is 1.71 bits per heavy atom. The average molecular weight is 296 g/mol. The summed E-state index contributed by atoms with van der Waals surface area (Å²) < 4.78 is 11.8. The lowest BCUT2D eigenvalue weighted by molar-refractivity contribution is 0.171. The standard InChI is InChI=1S/C16H12N2O2S/c21-16-12-4-2-1-3-11(12)15(17-18-16)10-5-6-13-14(9-10)20-8-7-19-13/h1-6,9H,7-8H2,(H,18,21). The normalized spacial score (nSPS) is 13.3. The highest BCUT2D eigenvalue weighted by molar-refractivity contribution is 7.71. The molecular formula is C16H12N2O2S. The van der Waals surface area contributed by atoms with Gasteiger partial charge < -0.3 is 9.47 Å². The van der Waals surface area contributed by atoms with Crippen molar-refractivity contribution in [3.05, 3.63) is 47.1 Å². The summed E-state index contributed by atoms with van der Waals surface area (Å²) >= 11 is 5.30. The minimum absolute atomic E-state index is 0.571. The Morgan fingerprint density at radius 3 is 2.57 bits per heavy atom. The molecule has 5 heteroatoms. The molecular weight excluding hydrogens is 284 g/mol. The molecule has 0 aliphatic carbocycles. The zero-order valence-corrected chi connectivity index (χ0v) is 11.9. The van der Waals surface area contributed by atoms with E-state index in [9.17, 15) is 0 Å². The summed E-state index contributed by atoms with van der Waals surface area (Å²) in [6.07, 6.45) is 0. The zero-order chi connectivity index (χ0) is 14.2. The van der Waals surface area contributed by atoms with Crippen molar-refractivity contribution in [2.45, 2.75) is 0 Å². The number of rotatable bonds is 1. The van der Waals surface area contributed by atoms with Crippen molar-refractivity contribution >= 4 is 23.0 Å². The average Bonchev–Trinajstić information content (AvgIpc) is 2.55. The number of ether oxygens (including phenoxy) is 2. The number of nitrogens with one attached hydrogen (secondary N) is 1. The summed E-state index contributed by atoms with van der Waals surface area (Å²) in [5, 5.41) is 9.33. The molecule has 3 aromatic rings. The summed E-state index contributed by atoms with van der Waals surface area (Å²) in [4.78, 5) is 0. The van der Waals surface area contributed by atoms with Crippen LogP contribution in [0.15, 0.2) is 42.5 Å². The Kier molecular flexibility index (Phi) is 2.86. The van der Waals surface area contributed by atoms with Gasteiger partial charge in [-0.25, -0.2) is 0 Å². The first-order chi connectivity index (χ1) is 10.3. The first-order valence-electron chi connectivity index (χ1n) is 6.70. The van der Waals surface area contributed by atoms with Crippen LogP contribution in [0.1, 0.15) is 0 Å². The fourth-order valence-electron chi connectivity index (χ4n) is 2.53. The van der Waals surface area contributed by atoms with Crippen molar-refractivity contribution < 1.29 is 9.47 Å². The minimum atomic E-state index is 0.571. The molecule has 4 rings (SSSR count). The van der Waals surface area contributed by atoms with Crippen LogP contribution in [0.2, 0.25) is 0 Å². The lowest BCUT2D eigenvalue weighted by Crippen LogP contribution is -2.15. The summed E-state index contributed by atoms with van der Waals surface area (Å²) in [6, 6.07) is 13.8. The Hall–Kier alpha value is -2.40. The van der Waals surface area contributed by atoms with E-state index in [4.69, 9.17) is 21.7 Å². The number of hydrogen-bond donors (Lipinski definition) is 1. The Balaban J connectivity index is 1.95. The second kappa shape index (κ2) is 4.86. The number of H-pyrrole nitrogens is 1. The molecule has 1 aliphatic rings. The van der Waals surface area contributed by atoms with E-state index in [0.29, 0.717) is 17.9 Å². The van der Waals surface area contributed by atoms with Gasteiger partial charge in [0.1, 0.15) is 17.9 Å². The van der Waals surface area contributed by atoms with Crippen LogP contribution in [0, 0.1) is 4.64 Å². The van der Waals surface area contributed by atoms with Crippen molar-refractivity contribution in [2.24, 2.45) is 0 Å². The van der Waals surface area contributed by atoms with Crippen LogP contribution < -0.4 is 9.47 Å². The monoisotopic (exact) mass is 296 g/mol. The van der Waals surface area contributed by atoms with Crippen molar-refractivity contribution in [1.29, 1.82) is 0 Å². The number of nitrogens with zero attached hydrogens (tertiary/aromatic N) is 1. The third-order valence-electron chi connectivity index (χ3n) is 3.51. The Morgan fingerprint density at radius 1 is 0.952 bits per heavy atom. The molecule has 0 unspecified atom stereocenters. The molecule has 0 atom stereocenters. The molecule has 0 fully saturated rings. The smallest absolute Gasteiger partial charge is 0.162 e. The van der Waals surface area contributed by atoms with Gasteiger partial charge in [0.05, 0.1) is 5.69 Å². The van der Waals surface area contributed by atoms with Crippen LogP contribution in [0.4, 0.5) is 0 Å². The zero-order valence-electron chi connectivity index (χ0n) is 11.1. The van der Waals surface area contributed by atoms with Crippen LogP contribution in [-0.2, 0) is 0 Å². The predicted molar refractivity (Wildman–Crippen MR) is 83.4 cm³/mol. The SMILES string of the molecule is S=c1[nH]nc(-c2ccc3c(c2)OCCO3)c2ccccc12. The van der Waals surface area contributed by atoms with Gasteiger partial charge >= 0.3 is 0 Å². The summed E-state index contributed by atoms with van der Waals surface area (Å²) in [5.74, 6) is 1.53. The molecule has 0 spiro atoms. The molecule has 2 aromatic carbocycles. The van der Waals surface area contributed by atoms with Crippen LogP contribution in [0.5, 0.6) is 11.5 Å². The van der Waals surface area contributed by atoms with E-state index in [1.807, 2.05) is 42.5 Å². The van der Waals surface area contributed by atoms with Gasteiger partial charge in [0, 0.05) is 16.3 Å². The minimum Gasteiger partial charge on any atom is -0.486 e. The molecule has 0 radical (unpaired) electrons. The molecule has 0 saturated carbocycles. The predicted octanol–water partition coefficient (Wildman–Crippen LogP) is 3.73. The maximum absolute atomic E-state index is 5.64. The fourth-order valence-corrected chi connectivity index (χ4v) is 2.75. The Labute approximate surface area is 126 Å². The highest BCUT2D eigenvalue weighted by Gasteiger charge is 2.14. The number of aromatic amines is 1. The number of benzene rings is 2. The summed E-state index contributed by atoms with van der Waals surface area (Å²) in [6.45, 7) is 1.16. The second-order valence-electron chi connectivity index (χ2n) is 4.81. The van der Waals surface area contributed by atoms with Crippen LogP contribution in [0.3, 0.4) is 0 Å². The number of hydrogen-bond acceptors (Lipinski definition) is 4. The number of fused-ring (bicyclic) bond motifs is 2. The first kappa shape index (κ1) is 12.3. The van der Waals surface area contributed by atoms with E-state index < -0.39 is 0 Å². The topological polar surface area (TPSA) is 47.1 Å². The van der Waals surface area contributed by atoms with Crippen LogP contribution in [0.25, 0.3) is 22.0 Å². The van der Waals surface area contributed by atoms with E-state index in [-0.39, 0.29) is 0 Å². The highest BCUT2D eigenvalue weighted by atomic mass is 32.1. The maximum Gasteiger partial charge on any atom is 0.162 e. The summed E-state index contributed by atoms with van der Waals surface area (Å²) in [7, 11) is 0. The molecule has 1 aliphatic heterocycles.